The molecule has 1 heterocycles. The Balaban J connectivity index is 1.28. The van der Waals surface area contributed by atoms with Crippen LogP contribution in [0.15, 0.2) is 42.5 Å². The fourth-order valence-corrected chi connectivity index (χ4v) is 5.99. The van der Waals surface area contributed by atoms with E-state index >= 15 is 0 Å². The molecule has 2 N–H and O–H groups in total. The predicted molar refractivity (Wildman–Crippen MR) is 118 cm³/mol. The molecule has 4 amide bonds. The summed E-state index contributed by atoms with van der Waals surface area (Å²) in [5, 5.41) is 7.92. The lowest BCUT2D eigenvalue weighted by Gasteiger charge is -2.29. The van der Waals surface area contributed by atoms with Crippen LogP contribution in [0.25, 0.3) is 10.8 Å². The van der Waals surface area contributed by atoms with Gasteiger partial charge in [-0.05, 0) is 73.3 Å². The standard InChI is InChI=1S/C25H29N3O3/c1-15(21-12-16-7-8-19(21)11-16)26-22(29)14-28-23(30)25(2,27-24(28)31)20-10-9-17-5-3-4-6-18(17)13-20/h3-6,9-10,13,15-16,19,21H,7-8,11-12,14H2,1-2H3,(H,26,29)(H,27,31)/t15-,16-,19-,21-,25-/m0/s1. The Bertz CT molecular complexity index is 1070. The number of carbonyl (C=O) groups is 3. The van der Waals surface area contributed by atoms with Gasteiger partial charge in [0.1, 0.15) is 12.1 Å². The molecule has 0 spiro atoms. The first-order valence-corrected chi connectivity index (χ1v) is 11.3. The van der Waals surface area contributed by atoms with E-state index < -0.39 is 17.5 Å². The molecule has 6 heteroatoms. The minimum atomic E-state index is -1.18. The average Bonchev–Trinajstić information content (AvgIpc) is 3.45. The molecule has 0 radical (unpaired) electrons. The number of hydrogen-bond donors (Lipinski definition) is 2. The molecule has 2 bridgehead atoms. The SMILES string of the molecule is C[C@H](NC(=O)CN1C(=O)N[C@@](C)(c2ccc3ccccc3c2)C1=O)[C@@H]1C[C@H]2CC[C@H]1C2. The first kappa shape index (κ1) is 20.0. The van der Waals surface area contributed by atoms with Gasteiger partial charge in [-0.2, -0.15) is 0 Å². The summed E-state index contributed by atoms with van der Waals surface area (Å²) in [6.07, 6.45) is 5.03. The Morgan fingerprint density at radius 2 is 1.94 bits per heavy atom. The minimum Gasteiger partial charge on any atom is -0.352 e. The molecular formula is C25H29N3O3. The first-order valence-electron chi connectivity index (χ1n) is 11.3. The van der Waals surface area contributed by atoms with Crippen molar-refractivity contribution in [1.29, 1.82) is 0 Å². The number of urea groups is 1. The molecular weight excluding hydrogens is 390 g/mol. The molecule has 5 atom stereocenters. The summed E-state index contributed by atoms with van der Waals surface area (Å²) < 4.78 is 0. The number of nitrogens with one attached hydrogen (secondary N) is 2. The number of nitrogens with zero attached hydrogens (tertiary/aromatic N) is 1. The summed E-state index contributed by atoms with van der Waals surface area (Å²) in [6, 6.07) is 13.2. The van der Waals surface area contributed by atoms with E-state index in [-0.39, 0.29) is 18.5 Å². The van der Waals surface area contributed by atoms with Gasteiger partial charge in [-0.25, -0.2) is 4.79 Å². The maximum atomic E-state index is 13.2. The number of rotatable bonds is 5. The van der Waals surface area contributed by atoms with E-state index in [0.717, 1.165) is 21.6 Å². The number of hydrogen-bond acceptors (Lipinski definition) is 3. The van der Waals surface area contributed by atoms with Crippen molar-refractivity contribution >= 4 is 28.6 Å². The van der Waals surface area contributed by atoms with Crippen molar-refractivity contribution in [2.75, 3.05) is 6.54 Å². The molecule has 2 aliphatic carbocycles. The highest BCUT2D eigenvalue weighted by Gasteiger charge is 2.50. The van der Waals surface area contributed by atoms with Crippen LogP contribution in [0.5, 0.6) is 0 Å². The molecule has 6 nitrogen and oxygen atoms in total. The van der Waals surface area contributed by atoms with E-state index in [4.69, 9.17) is 0 Å². The zero-order valence-electron chi connectivity index (χ0n) is 18.1. The smallest absolute Gasteiger partial charge is 0.325 e. The maximum Gasteiger partial charge on any atom is 0.325 e. The van der Waals surface area contributed by atoms with Crippen molar-refractivity contribution in [3.05, 3.63) is 48.0 Å². The van der Waals surface area contributed by atoms with Crippen molar-refractivity contribution < 1.29 is 14.4 Å². The first-order chi connectivity index (χ1) is 14.8. The van der Waals surface area contributed by atoms with Gasteiger partial charge in [0.25, 0.3) is 5.91 Å². The monoisotopic (exact) mass is 419 g/mol. The Hall–Kier alpha value is -2.89. The molecule has 5 rings (SSSR count). The van der Waals surface area contributed by atoms with Crippen molar-refractivity contribution in [2.24, 2.45) is 17.8 Å². The zero-order chi connectivity index (χ0) is 21.8. The third-order valence-corrected chi connectivity index (χ3v) is 7.73. The van der Waals surface area contributed by atoms with E-state index in [1.165, 1.54) is 25.7 Å². The van der Waals surface area contributed by atoms with Crippen molar-refractivity contribution in [1.82, 2.24) is 15.5 Å². The minimum absolute atomic E-state index is 0.0652. The van der Waals surface area contributed by atoms with Gasteiger partial charge < -0.3 is 10.6 Å². The number of imide groups is 1. The van der Waals surface area contributed by atoms with Crippen LogP contribution in [-0.4, -0.2) is 35.3 Å². The maximum absolute atomic E-state index is 13.2. The van der Waals surface area contributed by atoms with Gasteiger partial charge in [-0.3, -0.25) is 14.5 Å². The number of benzene rings is 2. The fourth-order valence-electron chi connectivity index (χ4n) is 5.99. The second-order valence-electron chi connectivity index (χ2n) is 9.70. The van der Waals surface area contributed by atoms with Gasteiger partial charge in [0.05, 0.1) is 0 Å². The van der Waals surface area contributed by atoms with Gasteiger partial charge in [0.15, 0.2) is 0 Å². The quantitative estimate of drug-likeness (QED) is 0.728. The molecule has 1 aliphatic heterocycles. The number of carbonyl (C=O) groups excluding carboxylic acids is 3. The Kier molecular flexibility index (Phi) is 4.76. The summed E-state index contributed by atoms with van der Waals surface area (Å²) in [5.74, 6) is 1.35. The van der Waals surface area contributed by atoms with E-state index in [0.29, 0.717) is 17.4 Å². The normalized spacial score (nSPS) is 30.6. The third-order valence-electron chi connectivity index (χ3n) is 7.73. The molecule has 3 fully saturated rings. The fraction of sp³-hybridized carbons (Fsp3) is 0.480. The summed E-state index contributed by atoms with van der Waals surface area (Å²) in [6.45, 7) is 3.50. The molecule has 2 aromatic rings. The summed E-state index contributed by atoms with van der Waals surface area (Å²) >= 11 is 0. The number of amides is 4. The Morgan fingerprint density at radius 3 is 2.65 bits per heavy atom. The van der Waals surface area contributed by atoms with E-state index in [1.807, 2.05) is 49.4 Å². The largest absolute Gasteiger partial charge is 0.352 e. The van der Waals surface area contributed by atoms with Crippen LogP contribution in [0.1, 0.15) is 45.1 Å². The van der Waals surface area contributed by atoms with Gasteiger partial charge >= 0.3 is 6.03 Å². The average molecular weight is 420 g/mol. The molecule has 1 saturated heterocycles. The van der Waals surface area contributed by atoms with E-state index in [9.17, 15) is 14.4 Å². The highest BCUT2D eigenvalue weighted by molar-refractivity contribution is 6.09. The third kappa shape index (κ3) is 3.38. The van der Waals surface area contributed by atoms with E-state index in [1.54, 1.807) is 6.92 Å². The van der Waals surface area contributed by atoms with Crippen molar-refractivity contribution in [3.63, 3.8) is 0 Å². The molecule has 31 heavy (non-hydrogen) atoms. The van der Waals surface area contributed by atoms with Gasteiger partial charge in [0.2, 0.25) is 5.91 Å². The second-order valence-corrected chi connectivity index (χ2v) is 9.70. The summed E-state index contributed by atoms with van der Waals surface area (Å²) in [7, 11) is 0. The van der Waals surface area contributed by atoms with Gasteiger partial charge in [-0.15, -0.1) is 0 Å². The van der Waals surface area contributed by atoms with Crippen LogP contribution in [-0.2, 0) is 15.1 Å². The molecule has 2 aromatic carbocycles. The van der Waals surface area contributed by atoms with Gasteiger partial charge in [0, 0.05) is 6.04 Å². The molecule has 2 saturated carbocycles. The Morgan fingerprint density at radius 1 is 1.16 bits per heavy atom. The van der Waals surface area contributed by atoms with Crippen LogP contribution in [0.4, 0.5) is 4.79 Å². The van der Waals surface area contributed by atoms with Crippen LogP contribution < -0.4 is 10.6 Å². The predicted octanol–water partition coefficient (Wildman–Crippen LogP) is 3.55. The van der Waals surface area contributed by atoms with Crippen LogP contribution in [0, 0.1) is 17.8 Å². The van der Waals surface area contributed by atoms with E-state index in [2.05, 4.69) is 10.6 Å². The lowest BCUT2D eigenvalue weighted by molar-refractivity contribution is -0.135. The van der Waals surface area contributed by atoms with Crippen LogP contribution in [0.3, 0.4) is 0 Å². The lowest BCUT2D eigenvalue weighted by Crippen LogP contribution is -2.47. The zero-order valence-corrected chi connectivity index (χ0v) is 18.1. The highest BCUT2D eigenvalue weighted by atomic mass is 16.2. The topological polar surface area (TPSA) is 78.5 Å². The summed E-state index contributed by atoms with van der Waals surface area (Å²) in [5.41, 5.74) is -0.472. The molecule has 0 aromatic heterocycles. The summed E-state index contributed by atoms with van der Waals surface area (Å²) in [4.78, 5) is 39.6. The second kappa shape index (κ2) is 7.36. The van der Waals surface area contributed by atoms with Crippen LogP contribution in [0.2, 0.25) is 0 Å². The van der Waals surface area contributed by atoms with Crippen molar-refractivity contribution in [2.45, 2.75) is 51.1 Å². The molecule has 162 valence electrons. The van der Waals surface area contributed by atoms with Crippen LogP contribution >= 0.6 is 0 Å². The van der Waals surface area contributed by atoms with Crippen molar-refractivity contribution in [3.8, 4) is 0 Å². The Labute approximate surface area is 182 Å². The van der Waals surface area contributed by atoms with Gasteiger partial charge in [-0.1, -0.05) is 42.8 Å². The number of fused-ring (bicyclic) bond motifs is 3. The highest BCUT2D eigenvalue weighted by Crippen LogP contribution is 2.49. The molecule has 3 aliphatic rings. The molecule has 0 unspecified atom stereocenters. The lowest BCUT2D eigenvalue weighted by atomic mass is 9.84.